The number of fused-ring (bicyclic) bond motifs is 1. The second-order valence-corrected chi connectivity index (χ2v) is 13.4. The number of carbonyl (C=O) groups excluding carboxylic acids is 1. The third-order valence-corrected chi connectivity index (χ3v) is 9.37. The summed E-state index contributed by atoms with van der Waals surface area (Å²) in [6.07, 6.45) is 1.16. The normalized spacial score (nSPS) is 13.2. The van der Waals surface area contributed by atoms with Crippen LogP contribution in [0.4, 0.5) is 0 Å². The summed E-state index contributed by atoms with van der Waals surface area (Å²) in [4.78, 5) is 17.8. The Hall–Kier alpha value is -2.34. The lowest BCUT2D eigenvalue weighted by atomic mass is 10.1. The maximum atomic E-state index is 12.7. The molecule has 0 aliphatic rings. The van der Waals surface area contributed by atoms with Crippen LogP contribution in [0.15, 0.2) is 57.2 Å². The SMILES string of the molecule is COCCn1c(=NC(=O)Cc2ccc(S(=O)(=O)C(C)C)cc2)sc2cc(S(C)(=O)=O)ccc21. The summed E-state index contributed by atoms with van der Waals surface area (Å²) in [5.74, 6) is -0.393. The first-order valence-electron chi connectivity index (χ1n) is 10.2. The molecule has 11 heteroatoms. The number of methoxy groups -OCH3 is 1. The molecule has 8 nitrogen and oxygen atoms in total. The van der Waals surface area contributed by atoms with E-state index in [1.807, 2.05) is 4.57 Å². The van der Waals surface area contributed by atoms with Crippen LogP contribution in [0.3, 0.4) is 0 Å². The zero-order chi connectivity index (χ0) is 24.4. The first kappa shape index (κ1) is 25.3. The molecule has 0 atom stereocenters. The second-order valence-electron chi connectivity index (χ2n) is 7.85. The summed E-state index contributed by atoms with van der Waals surface area (Å²) < 4.78 is 56.0. The van der Waals surface area contributed by atoms with Gasteiger partial charge < -0.3 is 9.30 Å². The van der Waals surface area contributed by atoms with Crippen LogP contribution in [0, 0.1) is 0 Å². The van der Waals surface area contributed by atoms with Gasteiger partial charge in [-0.2, -0.15) is 4.99 Å². The van der Waals surface area contributed by atoms with Crippen molar-refractivity contribution in [2.45, 2.75) is 41.9 Å². The van der Waals surface area contributed by atoms with Crippen LogP contribution in [0.25, 0.3) is 10.2 Å². The van der Waals surface area contributed by atoms with Gasteiger partial charge in [0.1, 0.15) is 0 Å². The summed E-state index contributed by atoms with van der Waals surface area (Å²) >= 11 is 1.23. The van der Waals surface area contributed by atoms with E-state index in [0.29, 0.717) is 28.2 Å². The fourth-order valence-corrected chi connectivity index (χ4v) is 6.05. The number of benzene rings is 2. The van der Waals surface area contributed by atoms with Gasteiger partial charge in [0, 0.05) is 19.9 Å². The number of ether oxygens (including phenoxy) is 1. The van der Waals surface area contributed by atoms with Gasteiger partial charge in [-0.3, -0.25) is 4.79 Å². The van der Waals surface area contributed by atoms with Crippen molar-refractivity contribution < 1.29 is 26.4 Å². The Bertz CT molecular complexity index is 1450. The Labute approximate surface area is 197 Å². The standard InChI is InChI=1S/C22H26N2O6S3/c1-15(2)33(28,29)17-7-5-16(6-8-17)13-21(25)23-22-24(11-12-30-3)19-10-9-18(32(4,26)27)14-20(19)31-22/h5-10,14-15H,11-13H2,1-4H3. The zero-order valence-corrected chi connectivity index (χ0v) is 21.3. The minimum absolute atomic E-state index is 0.00905. The molecule has 0 spiro atoms. The van der Waals surface area contributed by atoms with Gasteiger partial charge in [0.15, 0.2) is 24.5 Å². The summed E-state index contributed by atoms with van der Waals surface area (Å²) in [5, 5.41) is -0.529. The topological polar surface area (TPSA) is 112 Å². The van der Waals surface area contributed by atoms with Crippen molar-refractivity contribution in [1.29, 1.82) is 0 Å². The van der Waals surface area contributed by atoms with Crippen molar-refractivity contribution in [3.63, 3.8) is 0 Å². The molecule has 2 aromatic carbocycles. The number of amides is 1. The molecule has 0 bridgehead atoms. The second kappa shape index (κ2) is 9.88. The number of nitrogens with zero attached hydrogens (tertiary/aromatic N) is 2. The summed E-state index contributed by atoms with van der Waals surface area (Å²) in [6.45, 7) is 4.08. The lowest BCUT2D eigenvalue weighted by molar-refractivity contribution is -0.117. The van der Waals surface area contributed by atoms with Gasteiger partial charge in [-0.15, -0.1) is 0 Å². The molecular formula is C22H26N2O6S3. The van der Waals surface area contributed by atoms with Crippen LogP contribution in [0.1, 0.15) is 19.4 Å². The van der Waals surface area contributed by atoms with Crippen molar-refractivity contribution in [1.82, 2.24) is 4.57 Å². The minimum Gasteiger partial charge on any atom is -0.383 e. The quantitative estimate of drug-likeness (QED) is 0.461. The summed E-state index contributed by atoms with van der Waals surface area (Å²) in [7, 11) is -5.17. The number of hydrogen-bond donors (Lipinski definition) is 0. The van der Waals surface area contributed by atoms with Crippen LogP contribution in [-0.2, 0) is 42.2 Å². The van der Waals surface area contributed by atoms with E-state index in [0.717, 1.165) is 11.8 Å². The van der Waals surface area contributed by atoms with Crippen molar-refractivity contribution in [2.75, 3.05) is 20.0 Å². The van der Waals surface area contributed by atoms with Crippen molar-refractivity contribution in [2.24, 2.45) is 4.99 Å². The molecule has 1 amide bonds. The third kappa shape index (κ3) is 5.78. The predicted octanol–water partition coefficient (Wildman–Crippen LogP) is 2.60. The van der Waals surface area contributed by atoms with Gasteiger partial charge >= 0.3 is 0 Å². The van der Waals surface area contributed by atoms with E-state index < -0.39 is 30.8 Å². The first-order valence-corrected chi connectivity index (χ1v) is 14.4. The molecular weight excluding hydrogens is 484 g/mol. The highest BCUT2D eigenvalue weighted by atomic mass is 32.2. The molecule has 0 aliphatic heterocycles. The Balaban J connectivity index is 1.95. The van der Waals surface area contributed by atoms with E-state index in [9.17, 15) is 21.6 Å². The molecule has 33 heavy (non-hydrogen) atoms. The fourth-order valence-electron chi connectivity index (χ4n) is 3.16. The average molecular weight is 511 g/mol. The average Bonchev–Trinajstić information content (AvgIpc) is 3.07. The van der Waals surface area contributed by atoms with E-state index >= 15 is 0 Å². The highest BCUT2D eigenvalue weighted by Gasteiger charge is 2.19. The summed E-state index contributed by atoms with van der Waals surface area (Å²) in [5.41, 5.74) is 1.41. The number of thiazole rings is 1. The van der Waals surface area contributed by atoms with Gasteiger partial charge in [-0.05, 0) is 49.7 Å². The number of hydrogen-bond acceptors (Lipinski definition) is 7. The molecule has 1 aromatic heterocycles. The first-order chi connectivity index (χ1) is 15.4. The summed E-state index contributed by atoms with van der Waals surface area (Å²) in [6, 6.07) is 11.1. The lowest BCUT2D eigenvalue weighted by Crippen LogP contribution is -2.19. The van der Waals surface area contributed by atoms with Crippen LogP contribution in [0.5, 0.6) is 0 Å². The van der Waals surface area contributed by atoms with E-state index in [-0.39, 0.29) is 16.2 Å². The van der Waals surface area contributed by atoms with E-state index in [2.05, 4.69) is 4.99 Å². The molecule has 0 unspecified atom stereocenters. The largest absolute Gasteiger partial charge is 0.383 e. The Morgan fingerprint density at radius 2 is 1.70 bits per heavy atom. The van der Waals surface area contributed by atoms with Gasteiger partial charge in [0.25, 0.3) is 5.91 Å². The third-order valence-electron chi connectivity index (χ3n) is 5.05. The number of aromatic nitrogens is 1. The van der Waals surface area contributed by atoms with Crippen molar-refractivity contribution in [3.8, 4) is 0 Å². The van der Waals surface area contributed by atoms with Crippen molar-refractivity contribution in [3.05, 3.63) is 52.8 Å². The van der Waals surface area contributed by atoms with E-state index in [1.165, 1.54) is 29.5 Å². The van der Waals surface area contributed by atoms with Crippen molar-refractivity contribution >= 4 is 47.1 Å². The van der Waals surface area contributed by atoms with E-state index in [4.69, 9.17) is 4.74 Å². The molecule has 0 saturated heterocycles. The van der Waals surface area contributed by atoms with Crippen LogP contribution in [0.2, 0.25) is 0 Å². The van der Waals surface area contributed by atoms with Crippen LogP contribution < -0.4 is 4.80 Å². The maximum absolute atomic E-state index is 12.7. The molecule has 3 rings (SSSR count). The lowest BCUT2D eigenvalue weighted by Gasteiger charge is -2.08. The zero-order valence-electron chi connectivity index (χ0n) is 18.8. The molecule has 0 fully saturated rings. The molecule has 1 heterocycles. The Kier molecular flexibility index (Phi) is 7.57. The molecule has 0 N–H and O–H groups in total. The van der Waals surface area contributed by atoms with Crippen LogP contribution >= 0.6 is 11.3 Å². The molecule has 0 saturated carbocycles. The fraction of sp³-hybridized carbons (Fsp3) is 0.364. The monoisotopic (exact) mass is 510 g/mol. The van der Waals surface area contributed by atoms with Gasteiger partial charge in [-0.1, -0.05) is 23.5 Å². The van der Waals surface area contributed by atoms with Gasteiger partial charge in [0.05, 0.1) is 38.3 Å². The minimum atomic E-state index is -3.38. The molecule has 0 aliphatic carbocycles. The predicted molar refractivity (Wildman–Crippen MR) is 128 cm³/mol. The smallest absolute Gasteiger partial charge is 0.252 e. The highest BCUT2D eigenvalue weighted by Crippen LogP contribution is 2.22. The van der Waals surface area contributed by atoms with Gasteiger partial charge in [-0.25, -0.2) is 16.8 Å². The number of carbonyl (C=O) groups is 1. The molecule has 178 valence electrons. The molecule has 0 radical (unpaired) electrons. The maximum Gasteiger partial charge on any atom is 0.252 e. The van der Waals surface area contributed by atoms with Gasteiger partial charge in [0.2, 0.25) is 0 Å². The van der Waals surface area contributed by atoms with E-state index in [1.54, 1.807) is 45.2 Å². The number of sulfone groups is 2. The Morgan fingerprint density at radius 3 is 2.27 bits per heavy atom. The highest BCUT2D eigenvalue weighted by molar-refractivity contribution is 7.92. The number of rotatable bonds is 8. The Morgan fingerprint density at radius 1 is 1.06 bits per heavy atom. The van der Waals surface area contributed by atoms with Crippen LogP contribution in [-0.4, -0.2) is 52.5 Å². The molecule has 3 aromatic rings.